The van der Waals surface area contributed by atoms with Gasteiger partial charge in [-0.1, -0.05) is 17.7 Å². The van der Waals surface area contributed by atoms with Crippen molar-refractivity contribution in [2.45, 2.75) is 12.8 Å². The van der Waals surface area contributed by atoms with Crippen LogP contribution in [0.4, 0.5) is 0 Å². The van der Waals surface area contributed by atoms with E-state index in [0.29, 0.717) is 0 Å². The molecule has 0 amide bonds. The third-order valence-electron chi connectivity index (χ3n) is 2.76. The minimum absolute atomic E-state index is 0.769. The Morgan fingerprint density at radius 3 is 2.72 bits per heavy atom. The Kier molecular flexibility index (Phi) is 4.18. The monoisotopic (exact) mass is 262 g/mol. The van der Waals surface area contributed by atoms with Gasteiger partial charge in [-0.15, -0.1) is 0 Å². The summed E-state index contributed by atoms with van der Waals surface area (Å²) in [6.07, 6.45) is 3.53. The minimum Gasteiger partial charge on any atom is -0.455 e. The quantitative estimate of drug-likeness (QED) is 0.793. The van der Waals surface area contributed by atoms with Gasteiger partial charge in [-0.05, 0) is 44.2 Å². The topological polar surface area (TPSA) is 48.1 Å². The lowest BCUT2D eigenvalue weighted by Gasteiger charge is -2.08. The number of aryl methyl sites for hydroxylation is 1. The van der Waals surface area contributed by atoms with Crippen LogP contribution in [0, 0.1) is 0 Å². The molecule has 18 heavy (non-hydrogen) atoms. The fourth-order valence-corrected chi connectivity index (χ4v) is 2.20. The third kappa shape index (κ3) is 2.47. The van der Waals surface area contributed by atoms with Gasteiger partial charge in [0, 0.05) is 16.8 Å². The molecule has 0 aliphatic carbocycles. The molecule has 0 atom stereocenters. The molecule has 0 fully saturated rings. The number of hydrogen-bond donors (Lipinski definition) is 1. The van der Waals surface area contributed by atoms with Gasteiger partial charge in [0.25, 0.3) is 0 Å². The Bertz CT molecular complexity index is 543. The smallest absolute Gasteiger partial charge is 0.148 e. The van der Waals surface area contributed by atoms with Gasteiger partial charge >= 0.3 is 0 Å². The second-order valence-corrected chi connectivity index (χ2v) is 4.17. The zero-order valence-electron chi connectivity index (χ0n) is 10.2. The molecule has 1 aromatic heterocycles. The summed E-state index contributed by atoms with van der Waals surface area (Å²) in [6.45, 7) is 0. The molecular weight excluding hydrogens is 248 g/mol. The average Bonchev–Trinajstić information content (AvgIpc) is 2.61. The number of aromatic nitrogens is 1. The SMILES string of the molecule is CN.Clc1cccc2c1CCc1ncccc1O2. The predicted octanol–water partition coefficient (Wildman–Crippen LogP) is 3.20. The zero-order chi connectivity index (χ0) is 13.0. The Morgan fingerprint density at radius 2 is 1.89 bits per heavy atom. The number of nitrogens with two attached hydrogens (primary N) is 1. The fraction of sp³-hybridized carbons (Fsp3) is 0.214. The van der Waals surface area contributed by atoms with Gasteiger partial charge in [0.1, 0.15) is 11.5 Å². The number of nitrogens with zero attached hydrogens (tertiary/aromatic N) is 1. The third-order valence-corrected chi connectivity index (χ3v) is 3.11. The molecule has 3 rings (SSSR count). The molecule has 0 spiro atoms. The van der Waals surface area contributed by atoms with E-state index in [1.807, 2.05) is 30.3 Å². The van der Waals surface area contributed by atoms with E-state index in [1.165, 1.54) is 7.05 Å². The average molecular weight is 263 g/mol. The molecule has 2 heterocycles. The maximum Gasteiger partial charge on any atom is 0.148 e. The Balaban J connectivity index is 0.000000574. The van der Waals surface area contributed by atoms with Crippen LogP contribution in [-0.4, -0.2) is 12.0 Å². The number of fused-ring (bicyclic) bond motifs is 2. The molecule has 4 heteroatoms. The largest absolute Gasteiger partial charge is 0.455 e. The van der Waals surface area contributed by atoms with Gasteiger partial charge in [-0.2, -0.15) is 0 Å². The highest BCUT2D eigenvalue weighted by Gasteiger charge is 2.16. The number of halogens is 1. The summed E-state index contributed by atoms with van der Waals surface area (Å²) >= 11 is 6.16. The van der Waals surface area contributed by atoms with Crippen molar-refractivity contribution in [3.63, 3.8) is 0 Å². The van der Waals surface area contributed by atoms with E-state index in [4.69, 9.17) is 16.3 Å². The molecule has 0 radical (unpaired) electrons. The van der Waals surface area contributed by atoms with Gasteiger partial charge in [0.15, 0.2) is 0 Å². The highest BCUT2D eigenvalue weighted by atomic mass is 35.5. The van der Waals surface area contributed by atoms with Crippen LogP contribution < -0.4 is 10.5 Å². The van der Waals surface area contributed by atoms with Gasteiger partial charge < -0.3 is 10.5 Å². The molecule has 0 bridgehead atoms. The molecule has 3 nitrogen and oxygen atoms in total. The van der Waals surface area contributed by atoms with Crippen LogP contribution >= 0.6 is 11.6 Å². The van der Waals surface area contributed by atoms with Crippen LogP contribution in [0.1, 0.15) is 11.3 Å². The van der Waals surface area contributed by atoms with Gasteiger partial charge in [-0.25, -0.2) is 0 Å². The lowest BCUT2D eigenvalue weighted by Crippen LogP contribution is -1.91. The first-order valence-electron chi connectivity index (χ1n) is 5.81. The maximum absolute atomic E-state index is 6.16. The van der Waals surface area contributed by atoms with Gasteiger partial charge in [0.05, 0.1) is 5.69 Å². The van der Waals surface area contributed by atoms with Gasteiger partial charge in [0.2, 0.25) is 0 Å². The van der Waals surface area contributed by atoms with E-state index in [1.54, 1.807) is 6.20 Å². The lowest BCUT2D eigenvalue weighted by molar-refractivity contribution is 0.476. The second-order valence-electron chi connectivity index (χ2n) is 3.77. The van der Waals surface area contributed by atoms with Crippen molar-refractivity contribution in [1.82, 2.24) is 4.98 Å². The highest BCUT2D eigenvalue weighted by Crippen LogP contribution is 2.35. The number of pyridine rings is 1. The van der Waals surface area contributed by atoms with Crippen molar-refractivity contribution in [2.75, 3.05) is 7.05 Å². The molecule has 0 saturated heterocycles. The van der Waals surface area contributed by atoms with E-state index in [9.17, 15) is 0 Å². The summed E-state index contributed by atoms with van der Waals surface area (Å²) < 4.78 is 5.84. The van der Waals surface area contributed by atoms with Crippen molar-refractivity contribution < 1.29 is 4.74 Å². The van der Waals surface area contributed by atoms with Crippen molar-refractivity contribution in [2.24, 2.45) is 5.73 Å². The molecule has 1 aliphatic rings. The standard InChI is InChI=1S/C13H10ClNO.CH5N/c14-10-3-1-4-12-9(10)6-7-11-13(16-12)5-2-8-15-11;1-2/h1-5,8H,6-7H2;2H2,1H3. The minimum atomic E-state index is 0.769. The van der Waals surface area contributed by atoms with Crippen LogP contribution in [0.15, 0.2) is 36.5 Å². The number of benzene rings is 1. The molecule has 0 saturated carbocycles. The van der Waals surface area contributed by atoms with E-state index in [-0.39, 0.29) is 0 Å². The fourth-order valence-electron chi connectivity index (χ4n) is 1.94. The normalized spacial score (nSPS) is 12.2. The molecular formula is C14H15ClN2O. The van der Waals surface area contributed by atoms with Crippen molar-refractivity contribution >= 4 is 11.6 Å². The molecule has 2 aromatic rings. The first-order valence-corrected chi connectivity index (χ1v) is 6.19. The van der Waals surface area contributed by atoms with E-state index < -0.39 is 0 Å². The van der Waals surface area contributed by atoms with Crippen molar-refractivity contribution in [3.8, 4) is 11.5 Å². The summed E-state index contributed by atoms with van der Waals surface area (Å²) in [5.41, 5.74) is 6.57. The van der Waals surface area contributed by atoms with Crippen LogP contribution in [0.2, 0.25) is 5.02 Å². The molecule has 94 valence electrons. The van der Waals surface area contributed by atoms with E-state index in [0.717, 1.165) is 40.6 Å². The summed E-state index contributed by atoms with van der Waals surface area (Å²) in [5, 5.41) is 0.769. The maximum atomic E-state index is 6.16. The Hall–Kier alpha value is -1.58. The highest BCUT2D eigenvalue weighted by molar-refractivity contribution is 6.31. The molecule has 1 aromatic carbocycles. The van der Waals surface area contributed by atoms with Crippen molar-refractivity contribution in [1.29, 1.82) is 0 Å². The number of ether oxygens (including phenoxy) is 1. The lowest BCUT2D eigenvalue weighted by atomic mass is 10.1. The summed E-state index contributed by atoms with van der Waals surface area (Å²) in [6, 6.07) is 9.58. The van der Waals surface area contributed by atoms with Crippen LogP contribution in [-0.2, 0) is 12.8 Å². The van der Waals surface area contributed by atoms with Gasteiger partial charge in [-0.3, -0.25) is 4.98 Å². The van der Waals surface area contributed by atoms with Crippen LogP contribution in [0.5, 0.6) is 11.5 Å². The Morgan fingerprint density at radius 1 is 1.11 bits per heavy atom. The van der Waals surface area contributed by atoms with Crippen molar-refractivity contribution in [3.05, 3.63) is 52.8 Å². The molecule has 2 N–H and O–H groups in total. The number of rotatable bonds is 0. The zero-order valence-corrected chi connectivity index (χ0v) is 10.9. The van der Waals surface area contributed by atoms with Crippen LogP contribution in [0.3, 0.4) is 0 Å². The Labute approximate surface area is 112 Å². The summed E-state index contributed by atoms with van der Waals surface area (Å²) in [7, 11) is 1.50. The van der Waals surface area contributed by atoms with Crippen LogP contribution in [0.25, 0.3) is 0 Å². The second kappa shape index (κ2) is 5.85. The molecule has 0 unspecified atom stereocenters. The van der Waals surface area contributed by atoms with E-state index >= 15 is 0 Å². The first-order chi connectivity index (χ1) is 8.84. The predicted molar refractivity (Wildman–Crippen MR) is 73.3 cm³/mol. The molecule has 1 aliphatic heterocycles. The summed E-state index contributed by atoms with van der Waals surface area (Å²) in [4.78, 5) is 4.32. The summed E-state index contributed by atoms with van der Waals surface area (Å²) in [5.74, 6) is 1.68. The van der Waals surface area contributed by atoms with E-state index in [2.05, 4.69) is 10.7 Å². The first kappa shape index (κ1) is 12.9. The number of hydrogen-bond acceptors (Lipinski definition) is 3.